The molecule has 0 amide bonds. The fourth-order valence-electron chi connectivity index (χ4n) is 1.77. The predicted molar refractivity (Wildman–Crippen MR) is 74.7 cm³/mol. The van der Waals surface area contributed by atoms with E-state index in [-0.39, 0.29) is 0 Å². The van der Waals surface area contributed by atoms with Crippen LogP contribution in [0.4, 0.5) is 0 Å². The average molecular weight is 269 g/mol. The van der Waals surface area contributed by atoms with Crippen molar-refractivity contribution in [2.75, 3.05) is 33.4 Å². The lowest BCUT2D eigenvalue weighted by atomic mass is 10.4. The van der Waals surface area contributed by atoms with Crippen LogP contribution in [0.3, 0.4) is 0 Å². The van der Waals surface area contributed by atoms with E-state index in [1.807, 2.05) is 0 Å². The molecule has 0 bridgehead atoms. The molecule has 1 aliphatic carbocycles. The minimum Gasteiger partial charge on any atom is -0.380 e. The maximum atomic E-state index is 5.63. The number of ether oxygens (including phenoxy) is 1. The summed E-state index contributed by atoms with van der Waals surface area (Å²) in [4.78, 5) is 6.82. The van der Waals surface area contributed by atoms with Crippen molar-refractivity contribution in [3.63, 3.8) is 0 Å². The summed E-state index contributed by atoms with van der Waals surface area (Å²) in [5.74, 6) is 0.854. The normalized spacial score (nSPS) is 15.5. The second-order valence-corrected chi connectivity index (χ2v) is 5.97. The summed E-state index contributed by atoms with van der Waals surface area (Å²) in [7, 11) is 2.11. The fourth-order valence-corrected chi connectivity index (χ4v) is 2.58. The smallest absolute Gasteiger partial charge is 0.0941 e. The Morgan fingerprint density at radius 2 is 2.39 bits per heavy atom. The summed E-state index contributed by atoms with van der Waals surface area (Å²) < 4.78 is 5.63. The lowest BCUT2D eigenvalue weighted by Crippen LogP contribution is -2.23. The fraction of sp³-hybridized carbons (Fsp3) is 0.769. The van der Waals surface area contributed by atoms with Crippen LogP contribution in [0.25, 0.3) is 0 Å². The molecule has 5 heteroatoms. The van der Waals surface area contributed by atoms with Crippen LogP contribution in [0.15, 0.2) is 5.38 Å². The minimum absolute atomic E-state index is 0.678. The number of thiazole rings is 1. The van der Waals surface area contributed by atoms with Crippen molar-refractivity contribution in [1.29, 1.82) is 0 Å². The molecule has 0 aromatic carbocycles. The highest BCUT2D eigenvalue weighted by Gasteiger charge is 2.20. The Balaban J connectivity index is 1.60. The van der Waals surface area contributed by atoms with Crippen molar-refractivity contribution < 1.29 is 4.74 Å². The molecule has 18 heavy (non-hydrogen) atoms. The zero-order valence-electron chi connectivity index (χ0n) is 11.1. The van der Waals surface area contributed by atoms with Gasteiger partial charge < -0.3 is 10.5 Å². The molecular weight excluding hydrogens is 246 g/mol. The first-order chi connectivity index (χ1) is 8.78. The Hall–Kier alpha value is -0.490. The number of nitrogens with zero attached hydrogens (tertiary/aromatic N) is 2. The van der Waals surface area contributed by atoms with E-state index in [0.717, 1.165) is 49.3 Å². The summed E-state index contributed by atoms with van der Waals surface area (Å²) >= 11 is 1.71. The molecule has 0 unspecified atom stereocenters. The topological polar surface area (TPSA) is 51.4 Å². The Labute approximate surface area is 113 Å². The van der Waals surface area contributed by atoms with Crippen LogP contribution < -0.4 is 5.73 Å². The molecule has 2 rings (SSSR count). The van der Waals surface area contributed by atoms with Gasteiger partial charge in [0.2, 0.25) is 0 Å². The number of aromatic nitrogens is 1. The van der Waals surface area contributed by atoms with Gasteiger partial charge in [-0.2, -0.15) is 0 Å². The molecule has 1 heterocycles. The molecule has 1 aliphatic rings. The van der Waals surface area contributed by atoms with Gasteiger partial charge in [-0.3, -0.25) is 4.90 Å². The molecule has 4 nitrogen and oxygen atoms in total. The third-order valence-corrected chi connectivity index (χ3v) is 4.01. The molecule has 2 N–H and O–H groups in total. The lowest BCUT2D eigenvalue weighted by molar-refractivity contribution is 0.101. The van der Waals surface area contributed by atoms with Crippen LogP contribution in [0, 0.1) is 5.92 Å². The molecule has 1 aromatic rings. The molecule has 0 saturated heterocycles. The van der Waals surface area contributed by atoms with Crippen LogP contribution in [-0.4, -0.2) is 43.2 Å². The summed E-state index contributed by atoms with van der Waals surface area (Å²) in [6.45, 7) is 4.32. The van der Waals surface area contributed by atoms with Crippen molar-refractivity contribution in [3.05, 3.63) is 16.1 Å². The van der Waals surface area contributed by atoms with Gasteiger partial charge in [0.05, 0.1) is 17.3 Å². The Kier molecular flexibility index (Phi) is 5.56. The van der Waals surface area contributed by atoms with E-state index in [4.69, 9.17) is 10.5 Å². The summed E-state index contributed by atoms with van der Waals surface area (Å²) in [6, 6.07) is 0. The molecule has 0 spiro atoms. The molecular formula is C13H23N3OS. The van der Waals surface area contributed by atoms with Crippen LogP contribution >= 0.6 is 11.3 Å². The molecule has 102 valence electrons. The van der Waals surface area contributed by atoms with E-state index >= 15 is 0 Å². The molecule has 1 aromatic heterocycles. The van der Waals surface area contributed by atoms with Crippen molar-refractivity contribution in [1.82, 2.24) is 9.88 Å². The first-order valence-electron chi connectivity index (χ1n) is 6.67. The maximum absolute atomic E-state index is 5.63. The van der Waals surface area contributed by atoms with E-state index in [2.05, 4.69) is 22.3 Å². The van der Waals surface area contributed by atoms with Gasteiger partial charge in [-0.25, -0.2) is 4.98 Å². The highest BCUT2D eigenvalue weighted by Crippen LogP contribution is 2.28. The summed E-state index contributed by atoms with van der Waals surface area (Å²) in [5, 5.41) is 3.28. The van der Waals surface area contributed by atoms with Crippen molar-refractivity contribution in [2.45, 2.75) is 25.8 Å². The Morgan fingerprint density at radius 3 is 3.11 bits per heavy atom. The largest absolute Gasteiger partial charge is 0.380 e. The highest BCUT2D eigenvalue weighted by molar-refractivity contribution is 7.09. The third-order valence-electron chi connectivity index (χ3n) is 3.06. The highest BCUT2D eigenvalue weighted by atomic mass is 32.1. The van der Waals surface area contributed by atoms with Gasteiger partial charge in [0, 0.05) is 31.5 Å². The van der Waals surface area contributed by atoms with Crippen molar-refractivity contribution >= 4 is 11.3 Å². The van der Waals surface area contributed by atoms with E-state index < -0.39 is 0 Å². The Morgan fingerprint density at radius 1 is 1.56 bits per heavy atom. The molecule has 1 fully saturated rings. The molecule has 0 radical (unpaired) electrons. The predicted octanol–water partition coefficient (Wildman–Crippen LogP) is 1.50. The van der Waals surface area contributed by atoms with Gasteiger partial charge in [-0.1, -0.05) is 0 Å². The second-order valence-electron chi connectivity index (χ2n) is 5.03. The van der Waals surface area contributed by atoms with E-state index in [1.165, 1.54) is 12.8 Å². The third kappa shape index (κ3) is 5.02. The van der Waals surface area contributed by atoms with Gasteiger partial charge in [-0.05, 0) is 32.4 Å². The molecule has 0 aliphatic heterocycles. The van der Waals surface area contributed by atoms with E-state index in [9.17, 15) is 0 Å². The second kappa shape index (κ2) is 7.19. The summed E-state index contributed by atoms with van der Waals surface area (Å²) in [5.41, 5.74) is 6.67. The van der Waals surface area contributed by atoms with E-state index in [0.29, 0.717) is 6.54 Å². The van der Waals surface area contributed by atoms with Crippen molar-refractivity contribution in [2.24, 2.45) is 11.7 Å². The molecule has 0 atom stereocenters. The zero-order chi connectivity index (χ0) is 12.8. The van der Waals surface area contributed by atoms with Crippen LogP contribution in [0.1, 0.15) is 23.5 Å². The number of nitrogens with two attached hydrogens (primary N) is 1. The minimum atomic E-state index is 0.678. The monoisotopic (exact) mass is 269 g/mol. The Bertz CT molecular complexity index is 352. The van der Waals surface area contributed by atoms with E-state index in [1.54, 1.807) is 11.3 Å². The number of rotatable bonds is 9. The van der Waals surface area contributed by atoms with Crippen LogP contribution in [0.5, 0.6) is 0 Å². The lowest BCUT2D eigenvalue weighted by Gasteiger charge is -2.15. The number of hydrogen-bond acceptors (Lipinski definition) is 5. The van der Waals surface area contributed by atoms with Gasteiger partial charge in [0.1, 0.15) is 0 Å². The SMILES string of the molecule is CN(CCOCC1CC1)Cc1csc(CCN)n1. The molecule has 1 saturated carbocycles. The first-order valence-corrected chi connectivity index (χ1v) is 7.55. The van der Waals surface area contributed by atoms with Gasteiger partial charge in [0.15, 0.2) is 0 Å². The van der Waals surface area contributed by atoms with Gasteiger partial charge in [0.25, 0.3) is 0 Å². The van der Waals surface area contributed by atoms with Crippen LogP contribution in [-0.2, 0) is 17.7 Å². The van der Waals surface area contributed by atoms with Crippen LogP contribution in [0.2, 0.25) is 0 Å². The number of likely N-dealkylation sites (N-methyl/N-ethyl adjacent to an activating group) is 1. The van der Waals surface area contributed by atoms with Gasteiger partial charge in [-0.15, -0.1) is 11.3 Å². The number of hydrogen-bond donors (Lipinski definition) is 1. The zero-order valence-corrected chi connectivity index (χ0v) is 11.9. The summed E-state index contributed by atoms with van der Waals surface area (Å²) in [6.07, 6.45) is 3.61. The average Bonchev–Trinajstić information content (AvgIpc) is 3.07. The van der Waals surface area contributed by atoms with Crippen molar-refractivity contribution in [3.8, 4) is 0 Å². The maximum Gasteiger partial charge on any atom is 0.0941 e. The first kappa shape index (κ1) is 13.9. The standard InChI is InChI=1S/C13H23N3OS/c1-16(6-7-17-9-11-2-3-11)8-12-10-18-13(15-12)4-5-14/h10-11H,2-9,14H2,1H3. The quantitative estimate of drug-likeness (QED) is 0.690. The van der Waals surface area contributed by atoms with Gasteiger partial charge >= 0.3 is 0 Å².